The van der Waals surface area contributed by atoms with E-state index >= 15 is 0 Å². The van der Waals surface area contributed by atoms with Crippen molar-refractivity contribution in [2.24, 2.45) is 0 Å². The molecule has 2 rings (SSSR count). The molecule has 114 valence electrons. The first-order valence-electron chi connectivity index (χ1n) is 6.33. The van der Waals surface area contributed by atoms with Gasteiger partial charge in [-0.15, -0.1) is 0 Å². The summed E-state index contributed by atoms with van der Waals surface area (Å²) >= 11 is 0. The number of H-pyrrole nitrogens is 1. The second-order valence-corrected chi connectivity index (χ2v) is 6.77. The number of hydrogen-bond acceptors (Lipinski definition) is 5. The smallest absolute Gasteiger partial charge is 0.246 e. The largest absolute Gasteiger partial charge is 0.495 e. The molecule has 0 saturated heterocycles. The van der Waals surface area contributed by atoms with Crippen molar-refractivity contribution in [3.63, 3.8) is 0 Å². The quantitative estimate of drug-likeness (QED) is 0.898. The van der Waals surface area contributed by atoms with Crippen molar-refractivity contribution in [3.8, 4) is 5.75 Å². The number of nitrogens with one attached hydrogen (secondary N) is 1. The Morgan fingerprint density at radius 1 is 1.33 bits per heavy atom. The zero-order valence-electron chi connectivity index (χ0n) is 12.4. The van der Waals surface area contributed by atoms with Gasteiger partial charge in [0.05, 0.1) is 13.7 Å². The molecule has 8 heteroatoms. The van der Waals surface area contributed by atoms with Gasteiger partial charge in [-0.05, 0) is 31.5 Å². The van der Waals surface area contributed by atoms with Crippen molar-refractivity contribution in [2.75, 3.05) is 14.2 Å². The van der Waals surface area contributed by atoms with Crippen LogP contribution in [0.25, 0.3) is 0 Å². The molecule has 1 heterocycles. The number of ether oxygens (including phenoxy) is 1. The van der Waals surface area contributed by atoms with Crippen LogP contribution in [0.2, 0.25) is 0 Å². The molecule has 1 aromatic carbocycles. The fourth-order valence-electron chi connectivity index (χ4n) is 1.90. The highest BCUT2D eigenvalue weighted by Crippen LogP contribution is 2.27. The Morgan fingerprint density at radius 3 is 2.62 bits per heavy atom. The maximum Gasteiger partial charge on any atom is 0.246 e. The summed E-state index contributed by atoms with van der Waals surface area (Å²) in [5, 5.41) is 6.64. The second-order valence-electron chi connectivity index (χ2n) is 4.75. The van der Waals surface area contributed by atoms with E-state index in [9.17, 15) is 8.42 Å². The van der Waals surface area contributed by atoms with Crippen LogP contribution in [-0.4, -0.2) is 42.1 Å². The lowest BCUT2D eigenvalue weighted by molar-refractivity contribution is 0.396. The Labute approximate surface area is 124 Å². The van der Waals surface area contributed by atoms with E-state index in [0.29, 0.717) is 17.4 Å². The average Bonchev–Trinajstić information content (AvgIpc) is 2.84. The SMILES string of the molecule is COc1ccc(C)cc1S(=O)(=O)N(C)Cc1n[nH]c(C)n1. The lowest BCUT2D eigenvalue weighted by atomic mass is 10.2. The van der Waals surface area contributed by atoms with E-state index in [1.165, 1.54) is 18.5 Å². The van der Waals surface area contributed by atoms with E-state index in [1.54, 1.807) is 25.1 Å². The summed E-state index contributed by atoms with van der Waals surface area (Å²) in [7, 11) is -0.743. The maximum absolute atomic E-state index is 12.7. The number of nitrogens with zero attached hydrogens (tertiary/aromatic N) is 3. The molecule has 2 aromatic rings. The van der Waals surface area contributed by atoms with Crippen molar-refractivity contribution >= 4 is 10.0 Å². The predicted molar refractivity (Wildman–Crippen MR) is 77.5 cm³/mol. The third-order valence-corrected chi connectivity index (χ3v) is 4.84. The third kappa shape index (κ3) is 3.22. The van der Waals surface area contributed by atoms with E-state index in [1.807, 2.05) is 6.92 Å². The molecule has 0 fully saturated rings. The first-order valence-corrected chi connectivity index (χ1v) is 7.77. The number of benzene rings is 1. The van der Waals surface area contributed by atoms with Gasteiger partial charge in [0.2, 0.25) is 10.0 Å². The molecular weight excluding hydrogens is 292 g/mol. The zero-order valence-corrected chi connectivity index (χ0v) is 13.2. The number of aromatic amines is 1. The van der Waals surface area contributed by atoms with E-state index in [4.69, 9.17) is 4.74 Å². The molecule has 0 aliphatic heterocycles. The molecule has 0 amide bonds. The summed E-state index contributed by atoms with van der Waals surface area (Å²) < 4.78 is 31.7. The molecule has 0 radical (unpaired) electrons. The predicted octanol–water partition coefficient (Wildman–Crippen LogP) is 1.25. The fraction of sp³-hybridized carbons (Fsp3) is 0.385. The summed E-state index contributed by atoms with van der Waals surface area (Å²) in [6, 6.07) is 5.04. The molecule has 0 bridgehead atoms. The average molecular weight is 310 g/mol. The number of aromatic nitrogens is 3. The lowest BCUT2D eigenvalue weighted by Crippen LogP contribution is -2.27. The van der Waals surface area contributed by atoms with E-state index in [2.05, 4.69) is 15.2 Å². The molecule has 0 saturated carbocycles. The van der Waals surface area contributed by atoms with Gasteiger partial charge >= 0.3 is 0 Å². The van der Waals surface area contributed by atoms with Crippen molar-refractivity contribution < 1.29 is 13.2 Å². The van der Waals surface area contributed by atoms with Crippen LogP contribution in [-0.2, 0) is 16.6 Å². The molecule has 21 heavy (non-hydrogen) atoms. The van der Waals surface area contributed by atoms with Gasteiger partial charge in [-0.25, -0.2) is 13.4 Å². The van der Waals surface area contributed by atoms with E-state index in [-0.39, 0.29) is 11.4 Å². The van der Waals surface area contributed by atoms with Crippen molar-refractivity contribution in [1.29, 1.82) is 0 Å². The minimum Gasteiger partial charge on any atom is -0.495 e. The van der Waals surface area contributed by atoms with Crippen LogP contribution in [0.1, 0.15) is 17.2 Å². The minimum atomic E-state index is -3.68. The van der Waals surface area contributed by atoms with Crippen molar-refractivity contribution in [1.82, 2.24) is 19.5 Å². The number of aryl methyl sites for hydroxylation is 2. The Morgan fingerprint density at radius 2 is 2.05 bits per heavy atom. The van der Waals surface area contributed by atoms with Crippen LogP contribution in [0.15, 0.2) is 23.1 Å². The first-order chi connectivity index (χ1) is 9.84. The molecule has 0 spiro atoms. The van der Waals surface area contributed by atoms with Gasteiger partial charge < -0.3 is 4.74 Å². The van der Waals surface area contributed by atoms with Gasteiger partial charge in [0.15, 0.2) is 5.82 Å². The molecule has 1 N–H and O–H groups in total. The fourth-order valence-corrected chi connectivity index (χ4v) is 3.26. The summed E-state index contributed by atoms with van der Waals surface area (Å²) in [5.74, 6) is 1.38. The standard InChI is InChI=1S/C13H18N4O3S/c1-9-5-6-11(20-4)12(7-9)21(18,19)17(3)8-13-14-10(2)15-16-13/h5-7H,8H2,1-4H3,(H,14,15,16). The highest BCUT2D eigenvalue weighted by atomic mass is 32.2. The molecular formula is C13H18N4O3S. The normalized spacial score (nSPS) is 11.9. The van der Waals surface area contributed by atoms with Crippen LogP contribution in [0.4, 0.5) is 0 Å². The molecule has 0 aliphatic rings. The van der Waals surface area contributed by atoms with Crippen molar-refractivity contribution in [3.05, 3.63) is 35.4 Å². The molecule has 0 atom stereocenters. The second kappa shape index (κ2) is 5.82. The van der Waals surface area contributed by atoms with Gasteiger partial charge in [0.25, 0.3) is 0 Å². The maximum atomic E-state index is 12.7. The van der Waals surface area contributed by atoms with Crippen LogP contribution < -0.4 is 4.74 Å². The van der Waals surface area contributed by atoms with E-state index < -0.39 is 10.0 Å². The summed E-state index contributed by atoms with van der Waals surface area (Å²) in [4.78, 5) is 4.25. The molecule has 7 nitrogen and oxygen atoms in total. The monoisotopic (exact) mass is 310 g/mol. The van der Waals surface area contributed by atoms with Gasteiger partial charge in [-0.1, -0.05) is 6.07 Å². The van der Waals surface area contributed by atoms with Crippen molar-refractivity contribution in [2.45, 2.75) is 25.3 Å². The van der Waals surface area contributed by atoms with Gasteiger partial charge in [0, 0.05) is 7.05 Å². The van der Waals surface area contributed by atoms with Crippen LogP contribution >= 0.6 is 0 Å². The Balaban J connectivity index is 2.35. The molecule has 0 aliphatic carbocycles. The topological polar surface area (TPSA) is 88.2 Å². The number of sulfonamides is 1. The van der Waals surface area contributed by atoms with Gasteiger partial charge in [-0.2, -0.15) is 9.40 Å². The van der Waals surface area contributed by atoms with E-state index in [0.717, 1.165) is 5.56 Å². The van der Waals surface area contributed by atoms with Crippen LogP contribution in [0.3, 0.4) is 0 Å². The zero-order chi connectivity index (χ0) is 15.6. The number of hydrogen-bond donors (Lipinski definition) is 1. The Hall–Kier alpha value is -1.93. The van der Waals surface area contributed by atoms with Gasteiger partial charge in [0.1, 0.15) is 16.5 Å². The first kappa shape index (κ1) is 15.5. The highest BCUT2D eigenvalue weighted by Gasteiger charge is 2.26. The third-order valence-electron chi connectivity index (χ3n) is 3.01. The lowest BCUT2D eigenvalue weighted by Gasteiger charge is -2.18. The van der Waals surface area contributed by atoms with Crippen LogP contribution in [0, 0.1) is 13.8 Å². The molecule has 1 aromatic heterocycles. The summed E-state index contributed by atoms with van der Waals surface area (Å²) in [6.07, 6.45) is 0. The number of methoxy groups -OCH3 is 1. The Kier molecular flexibility index (Phi) is 4.29. The summed E-state index contributed by atoms with van der Waals surface area (Å²) in [5.41, 5.74) is 0.844. The van der Waals surface area contributed by atoms with Crippen LogP contribution in [0.5, 0.6) is 5.75 Å². The Bertz CT molecular complexity index is 740. The highest BCUT2D eigenvalue weighted by molar-refractivity contribution is 7.89. The minimum absolute atomic E-state index is 0.0871. The van der Waals surface area contributed by atoms with Gasteiger partial charge in [-0.3, -0.25) is 5.10 Å². The molecule has 0 unspecified atom stereocenters. The number of rotatable bonds is 5. The summed E-state index contributed by atoms with van der Waals surface area (Å²) in [6.45, 7) is 3.68.